The summed E-state index contributed by atoms with van der Waals surface area (Å²) in [7, 11) is 1.85. The Hall–Kier alpha value is -1.88. The van der Waals surface area contributed by atoms with E-state index in [2.05, 4.69) is 46.8 Å². The minimum Gasteiger partial charge on any atom is -0.406 e. The minimum absolute atomic E-state index is 0.0476. The fourth-order valence-electron chi connectivity index (χ4n) is 1.66. The van der Waals surface area contributed by atoms with Gasteiger partial charge in [0.15, 0.2) is 0 Å². The van der Waals surface area contributed by atoms with Crippen LogP contribution in [0.4, 0.5) is 11.7 Å². The van der Waals surface area contributed by atoms with Crippen molar-refractivity contribution in [1.29, 1.82) is 0 Å². The van der Waals surface area contributed by atoms with Crippen LogP contribution in [0.3, 0.4) is 0 Å². The lowest BCUT2D eigenvalue weighted by molar-refractivity contribution is 0.443. The summed E-state index contributed by atoms with van der Waals surface area (Å²) in [6.45, 7) is 6.31. The Balaban J connectivity index is 2.06. The first kappa shape index (κ1) is 13.5. The number of nitrogens with zero attached hydrogens (tertiary/aromatic N) is 2. The van der Waals surface area contributed by atoms with E-state index < -0.39 is 0 Å². The number of hydrogen-bond acceptors (Lipinski definition) is 5. The van der Waals surface area contributed by atoms with E-state index in [1.54, 1.807) is 0 Å². The van der Waals surface area contributed by atoms with Gasteiger partial charge in [-0.05, 0) is 37.6 Å². The molecule has 0 amide bonds. The van der Waals surface area contributed by atoms with Crippen molar-refractivity contribution < 1.29 is 4.42 Å². The molecular formula is C14H20N4O. The van der Waals surface area contributed by atoms with Gasteiger partial charge in [0.05, 0.1) is 6.04 Å². The second-order valence-electron chi connectivity index (χ2n) is 4.86. The molecule has 0 aliphatic rings. The third-order valence-electron chi connectivity index (χ3n) is 3.07. The molecule has 0 saturated heterocycles. The van der Waals surface area contributed by atoms with Crippen molar-refractivity contribution in [2.24, 2.45) is 0 Å². The summed E-state index contributed by atoms with van der Waals surface area (Å²) >= 11 is 0. The van der Waals surface area contributed by atoms with E-state index in [1.165, 1.54) is 5.56 Å². The van der Waals surface area contributed by atoms with Crippen LogP contribution in [0, 0.1) is 0 Å². The van der Waals surface area contributed by atoms with Crippen molar-refractivity contribution in [3.05, 3.63) is 35.7 Å². The molecule has 0 spiro atoms. The van der Waals surface area contributed by atoms with Gasteiger partial charge in [-0.1, -0.05) is 31.1 Å². The maximum atomic E-state index is 5.52. The smallest absolute Gasteiger partial charge is 0.320 e. The number of hydrogen-bond donors (Lipinski definition) is 2. The zero-order valence-electron chi connectivity index (χ0n) is 11.8. The van der Waals surface area contributed by atoms with Gasteiger partial charge in [-0.15, -0.1) is 5.10 Å². The maximum absolute atomic E-state index is 5.52. The van der Waals surface area contributed by atoms with Gasteiger partial charge in [0.25, 0.3) is 0 Å². The highest BCUT2D eigenvalue weighted by atomic mass is 16.4. The van der Waals surface area contributed by atoms with Crippen molar-refractivity contribution in [2.75, 3.05) is 12.4 Å². The fraction of sp³-hybridized carbons (Fsp3) is 0.429. The Morgan fingerprint density at radius 3 is 2.32 bits per heavy atom. The Kier molecular flexibility index (Phi) is 4.16. The molecule has 5 heteroatoms. The standard InChI is InChI=1S/C14H20N4O/c1-9(2)11-5-7-12(8-6-11)16-14-18-17-13(19-14)10(3)15-4/h5-10,15H,1-4H3,(H,16,18). The Morgan fingerprint density at radius 2 is 1.74 bits per heavy atom. The summed E-state index contributed by atoms with van der Waals surface area (Å²) in [4.78, 5) is 0. The third kappa shape index (κ3) is 3.32. The van der Waals surface area contributed by atoms with Crippen LogP contribution in [0.5, 0.6) is 0 Å². The summed E-state index contributed by atoms with van der Waals surface area (Å²) in [6, 6.07) is 8.68. The maximum Gasteiger partial charge on any atom is 0.320 e. The highest BCUT2D eigenvalue weighted by Crippen LogP contribution is 2.21. The highest BCUT2D eigenvalue weighted by Gasteiger charge is 2.11. The monoisotopic (exact) mass is 260 g/mol. The van der Waals surface area contributed by atoms with Gasteiger partial charge in [-0.25, -0.2) is 0 Å². The average Bonchev–Trinajstić information content (AvgIpc) is 2.87. The van der Waals surface area contributed by atoms with Gasteiger partial charge < -0.3 is 15.1 Å². The predicted octanol–water partition coefficient (Wildman–Crippen LogP) is 3.22. The predicted molar refractivity (Wildman–Crippen MR) is 75.6 cm³/mol. The van der Waals surface area contributed by atoms with Crippen molar-refractivity contribution in [2.45, 2.75) is 32.7 Å². The van der Waals surface area contributed by atoms with Crippen LogP contribution in [-0.2, 0) is 0 Å². The third-order valence-corrected chi connectivity index (χ3v) is 3.07. The topological polar surface area (TPSA) is 63.0 Å². The molecule has 1 atom stereocenters. The summed E-state index contributed by atoms with van der Waals surface area (Å²) in [5, 5.41) is 14.1. The van der Waals surface area contributed by atoms with Gasteiger partial charge in [-0.3, -0.25) is 0 Å². The number of aromatic nitrogens is 2. The van der Waals surface area contributed by atoms with E-state index >= 15 is 0 Å². The largest absolute Gasteiger partial charge is 0.406 e. The molecule has 0 saturated carbocycles. The van der Waals surface area contributed by atoms with Crippen molar-refractivity contribution >= 4 is 11.7 Å². The first-order chi connectivity index (χ1) is 9.10. The molecule has 0 fully saturated rings. The van der Waals surface area contributed by atoms with E-state index in [0.717, 1.165) is 5.69 Å². The number of rotatable bonds is 5. The van der Waals surface area contributed by atoms with Gasteiger partial charge in [0.1, 0.15) is 0 Å². The van der Waals surface area contributed by atoms with Crippen LogP contribution < -0.4 is 10.6 Å². The van der Waals surface area contributed by atoms with Crippen LogP contribution in [0.15, 0.2) is 28.7 Å². The van der Waals surface area contributed by atoms with E-state index in [0.29, 0.717) is 17.8 Å². The molecule has 1 aromatic carbocycles. The first-order valence-electron chi connectivity index (χ1n) is 6.47. The van der Waals surface area contributed by atoms with Crippen LogP contribution in [0.2, 0.25) is 0 Å². The number of nitrogens with one attached hydrogen (secondary N) is 2. The van der Waals surface area contributed by atoms with Crippen molar-refractivity contribution in [3.63, 3.8) is 0 Å². The van der Waals surface area contributed by atoms with Crippen LogP contribution >= 0.6 is 0 Å². The highest BCUT2D eigenvalue weighted by molar-refractivity contribution is 5.52. The van der Waals surface area contributed by atoms with E-state index in [4.69, 9.17) is 4.42 Å². The SMILES string of the molecule is CNC(C)c1nnc(Nc2ccc(C(C)C)cc2)o1. The molecular weight excluding hydrogens is 240 g/mol. The van der Waals surface area contributed by atoms with Crippen LogP contribution in [0.1, 0.15) is 44.2 Å². The summed E-state index contributed by atoms with van der Waals surface area (Å²) in [5.41, 5.74) is 2.25. The molecule has 1 unspecified atom stereocenters. The quantitative estimate of drug-likeness (QED) is 0.864. The summed E-state index contributed by atoms with van der Waals surface area (Å²) in [6.07, 6.45) is 0. The van der Waals surface area contributed by atoms with E-state index in [1.807, 2.05) is 26.1 Å². The molecule has 102 valence electrons. The molecule has 1 heterocycles. The lowest BCUT2D eigenvalue weighted by atomic mass is 10.0. The molecule has 1 aromatic heterocycles. The Morgan fingerprint density at radius 1 is 1.05 bits per heavy atom. The zero-order chi connectivity index (χ0) is 13.8. The molecule has 0 radical (unpaired) electrons. The van der Waals surface area contributed by atoms with E-state index in [-0.39, 0.29) is 6.04 Å². The second kappa shape index (κ2) is 5.84. The van der Waals surface area contributed by atoms with Gasteiger partial charge in [-0.2, -0.15) is 0 Å². The summed E-state index contributed by atoms with van der Waals surface area (Å²) in [5.74, 6) is 1.10. The molecule has 0 aliphatic carbocycles. The molecule has 0 aliphatic heterocycles. The molecule has 2 rings (SSSR count). The lowest BCUT2D eigenvalue weighted by Crippen LogP contribution is -2.12. The first-order valence-corrected chi connectivity index (χ1v) is 6.47. The number of anilines is 2. The average molecular weight is 260 g/mol. The van der Waals surface area contributed by atoms with Crippen LogP contribution in [-0.4, -0.2) is 17.2 Å². The second-order valence-corrected chi connectivity index (χ2v) is 4.86. The molecule has 5 nitrogen and oxygen atoms in total. The zero-order valence-corrected chi connectivity index (χ0v) is 11.8. The van der Waals surface area contributed by atoms with Crippen molar-refractivity contribution in [1.82, 2.24) is 15.5 Å². The Bertz CT molecular complexity index is 518. The molecule has 0 bridgehead atoms. The fourth-order valence-corrected chi connectivity index (χ4v) is 1.66. The van der Waals surface area contributed by atoms with Crippen molar-refractivity contribution in [3.8, 4) is 0 Å². The van der Waals surface area contributed by atoms with Gasteiger partial charge >= 0.3 is 6.01 Å². The molecule has 2 aromatic rings. The normalized spacial score (nSPS) is 12.7. The molecule has 2 N–H and O–H groups in total. The number of benzene rings is 1. The molecule has 19 heavy (non-hydrogen) atoms. The van der Waals surface area contributed by atoms with Crippen LogP contribution in [0.25, 0.3) is 0 Å². The minimum atomic E-state index is 0.0476. The van der Waals surface area contributed by atoms with E-state index in [9.17, 15) is 0 Å². The summed E-state index contributed by atoms with van der Waals surface area (Å²) < 4.78 is 5.52. The van der Waals surface area contributed by atoms with Gasteiger partial charge in [0.2, 0.25) is 5.89 Å². The lowest BCUT2D eigenvalue weighted by Gasteiger charge is -2.06. The van der Waals surface area contributed by atoms with Gasteiger partial charge in [0, 0.05) is 5.69 Å². The Labute approximate surface area is 113 Å².